The van der Waals surface area contributed by atoms with E-state index in [0.29, 0.717) is 30.3 Å². The summed E-state index contributed by atoms with van der Waals surface area (Å²) in [6, 6.07) is 23.4. The van der Waals surface area contributed by atoms with Crippen LogP contribution in [0.1, 0.15) is 31.2 Å². The highest BCUT2D eigenvalue weighted by molar-refractivity contribution is 6.30. The van der Waals surface area contributed by atoms with Gasteiger partial charge in [-0.3, -0.25) is 4.79 Å². The van der Waals surface area contributed by atoms with E-state index < -0.39 is 0 Å². The topological polar surface area (TPSA) is 65.4 Å². The Balaban J connectivity index is 1.25. The summed E-state index contributed by atoms with van der Waals surface area (Å²) in [5.41, 5.74) is 3.39. The van der Waals surface area contributed by atoms with Crippen LogP contribution in [-0.4, -0.2) is 35.2 Å². The predicted molar refractivity (Wildman–Crippen MR) is 144 cm³/mol. The van der Waals surface area contributed by atoms with E-state index in [4.69, 9.17) is 26.1 Å². The number of nitrogens with zero attached hydrogens (tertiary/aromatic N) is 2. The fourth-order valence-corrected chi connectivity index (χ4v) is 4.12. The first-order valence-corrected chi connectivity index (χ1v) is 12.8. The summed E-state index contributed by atoms with van der Waals surface area (Å²) in [7, 11) is 0. The number of hydrogen-bond donors (Lipinski definition) is 1. The summed E-state index contributed by atoms with van der Waals surface area (Å²) >= 11 is 5.88. The number of para-hydroxylation sites is 2. The second-order valence-corrected chi connectivity index (χ2v) is 9.00. The van der Waals surface area contributed by atoms with Crippen molar-refractivity contribution in [3.63, 3.8) is 0 Å². The van der Waals surface area contributed by atoms with Gasteiger partial charge in [-0.2, -0.15) is 0 Å². The fourth-order valence-electron chi connectivity index (χ4n) is 3.99. The summed E-state index contributed by atoms with van der Waals surface area (Å²) < 4.78 is 13.7. The summed E-state index contributed by atoms with van der Waals surface area (Å²) in [6.07, 6.45) is 3.59. The quantitative estimate of drug-likeness (QED) is 0.231. The van der Waals surface area contributed by atoms with Crippen LogP contribution in [0.2, 0.25) is 5.02 Å². The van der Waals surface area contributed by atoms with Crippen molar-refractivity contribution in [2.24, 2.45) is 0 Å². The normalized spacial score (nSPS) is 10.9. The van der Waals surface area contributed by atoms with Gasteiger partial charge in [-0.25, -0.2) is 4.98 Å². The first-order valence-electron chi connectivity index (χ1n) is 12.4. The number of rotatable bonds is 13. The van der Waals surface area contributed by atoms with Crippen molar-refractivity contribution in [2.75, 3.05) is 19.8 Å². The monoisotopic (exact) mass is 505 g/mol. The highest BCUT2D eigenvalue weighted by atomic mass is 35.5. The summed E-state index contributed by atoms with van der Waals surface area (Å²) in [5, 5.41) is 3.55. The first kappa shape index (κ1) is 25.6. The zero-order valence-electron chi connectivity index (χ0n) is 20.6. The van der Waals surface area contributed by atoms with Crippen LogP contribution in [0.3, 0.4) is 0 Å². The van der Waals surface area contributed by atoms with Crippen LogP contribution in [0, 0.1) is 0 Å². The van der Waals surface area contributed by atoms with E-state index in [0.717, 1.165) is 48.4 Å². The third-order valence-corrected chi connectivity index (χ3v) is 6.22. The number of nitrogens with one attached hydrogen (secondary N) is 1. The number of fused-ring (bicyclic) bond motifs is 1. The Bertz CT molecular complexity index is 1250. The minimum atomic E-state index is -0.170. The van der Waals surface area contributed by atoms with Crippen LogP contribution >= 0.6 is 11.6 Å². The zero-order chi connectivity index (χ0) is 25.2. The molecule has 1 N–H and O–H groups in total. The largest absolute Gasteiger partial charge is 0.494 e. The highest BCUT2D eigenvalue weighted by Crippen LogP contribution is 2.18. The van der Waals surface area contributed by atoms with Crippen LogP contribution in [0.4, 0.5) is 0 Å². The molecule has 0 aliphatic heterocycles. The molecule has 0 unspecified atom stereocenters. The molecule has 3 aromatic carbocycles. The molecule has 0 fully saturated rings. The number of halogens is 1. The smallest absolute Gasteiger partial charge is 0.257 e. The number of amides is 1. The Morgan fingerprint density at radius 2 is 1.67 bits per heavy atom. The molecular weight excluding hydrogens is 474 g/mol. The number of ether oxygens (including phenoxy) is 2. The zero-order valence-corrected chi connectivity index (χ0v) is 21.3. The van der Waals surface area contributed by atoms with Gasteiger partial charge in [-0.15, -0.1) is 0 Å². The summed E-state index contributed by atoms with van der Waals surface area (Å²) in [5.74, 6) is 2.32. The van der Waals surface area contributed by atoms with Gasteiger partial charge in [0.1, 0.15) is 17.3 Å². The van der Waals surface area contributed by atoms with E-state index in [9.17, 15) is 4.79 Å². The van der Waals surface area contributed by atoms with Gasteiger partial charge < -0.3 is 19.4 Å². The molecule has 0 saturated carbocycles. The molecule has 0 radical (unpaired) electrons. The lowest BCUT2D eigenvalue weighted by atomic mass is 10.2. The van der Waals surface area contributed by atoms with Gasteiger partial charge in [0.05, 0.1) is 17.6 Å². The van der Waals surface area contributed by atoms with Crippen molar-refractivity contribution in [1.29, 1.82) is 0 Å². The predicted octanol–water partition coefficient (Wildman–Crippen LogP) is 5.85. The Labute approximate surface area is 217 Å². The molecule has 1 amide bonds. The number of unbranched alkanes of at least 4 members (excludes halogenated alkanes) is 1. The van der Waals surface area contributed by atoms with Crippen LogP contribution in [-0.2, 0) is 24.2 Å². The number of aromatic nitrogens is 2. The average Bonchev–Trinajstić information content (AvgIpc) is 3.25. The number of imidazole rings is 1. The number of benzene rings is 3. The van der Waals surface area contributed by atoms with Gasteiger partial charge in [0.15, 0.2) is 6.61 Å². The molecule has 1 aromatic heterocycles. The van der Waals surface area contributed by atoms with Crippen LogP contribution in [0.5, 0.6) is 11.5 Å². The number of hydrogen-bond acceptors (Lipinski definition) is 4. The maximum absolute atomic E-state index is 12.2. The standard InChI is InChI=1S/C29H32ClN3O3/c1-2-22-9-13-24(14-10-22)35-20-6-5-19-33-27-8-4-3-7-26(27)32-28(33)17-18-31-29(34)21-36-25-15-11-23(30)12-16-25/h3-4,7-16H,2,5-6,17-21H2,1H3,(H,31,34). The average molecular weight is 506 g/mol. The Morgan fingerprint density at radius 1 is 0.944 bits per heavy atom. The minimum absolute atomic E-state index is 0.0424. The summed E-state index contributed by atoms with van der Waals surface area (Å²) in [4.78, 5) is 17.0. The molecule has 1 heterocycles. The van der Waals surface area contributed by atoms with Crippen LogP contribution in [0.15, 0.2) is 72.8 Å². The molecule has 4 aromatic rings. The minimum Gasteiger partial charge on any atom is -0.494 e. The number of carbonyl (C=O) groups excluding carboxylic acids is 1. The lowest BCUT2D eigenvalue weighted by Gasteiger charge is -2.11. The van der Waals surface area contributed by atoms with Gasteiger partial charge in [0.2, 0.25) is 0 Å². The molecule has 6 nitrogen and oxygen atoms in total. The van der Waals surface area contributed by atoms with Crippen molar-refractivity contribution in [3.8, 4) is 11.5 Å². The molecule has 0 saturated heterocycles. The molecule has 188 valence electrons. The summed E-state index contributed by atoms with van der Waals surface area (Å²) in [6.45, 7) is 4.12. The van der Waals surface area contributed by atoms with E-state index in [2.05, 4.69) is 35.0 Å². The maximum Gasteiger partial charge on any atom is 0.257 e. The van der Waals surface area contributed by atoms with Crippen molar-refractivity contribution in [3.05, 3.63) is 89.2 Å². The lowest BCUT2D eigenvalue weighted by Crippen LogP contribution is -2.31. The van der Waals surface area contributed by atoms with Gasteiger partial charge in [0.25, 0.3) is 5.91 Å². The van der Waals surface area contributed by atoms with Crippen molar-refractivity contribution in [1.82, 2.24) is 14.9 Å². The SMILES string of the molecule is CCc1ccc(OCCCCn2c(CCNC(=O)COc3ccc(Cl)cc3)nc3ccccc32)cc1. The van der Waals surface area contributed by atoms with Crippen molar-refractivity contribution in [2.45, 2.75) is 39.2 Å². The third kappa shape index (κ3) is 7.25. The third-order valence-electron chi connectivity index (χ3n) is 5.96. The van der Waals surface area contributed by atoms with Gasteiger partial charge in [-0.1, -0.05) is 42.8 Å². The molecule has 4 rings (SSSR count). The Morgan fingerprint density at radius 3 is 2.44 bits per heavy atom. The maximum atomic E-state index is 12.2. The molecule has 0 bridgehead atoms. The number of aryl methyl sites for hydroxylation is 2. The van der Waals surface area contributed by atoms with E-state index in [1.165, 1.54) is 5.56 Å². The Kier molecular flexibility index (Phi) is 9.22. The molecule has 0 aliphatic carbocycles. The number of carbonyl (C=O) groups is 1. The van der Waals surface area contributed by atoms with Gasteiger partial charge in [-0.05, 0) is 73.4 Å². The molecule has 0 spiro atoms. The molecule has 7 heteroatoms. The lowest BCUT2D eigenvalue weighted by molar-refractivity contribution is -0.123. The van der Waals surface area contributed by atoms with E-state index >= 15 is 0 Å². The van der Waals surface area contributed by atoms with E-state index in [1.807, 2.05) is 30.3 Å². The second kappa shape index (κ2) is 13.0. The molecule has 0 aliphatic rings. The first-order chi connectivity index (χ1) is 17.6. The molecule has 36 heavy (non-hydrogen) atoms. The fraction of sp³-hybridized carbons (Fsp3) is 0.310. The van der Waals surface area contributed by atoms with Gasteiger partial charge >= 0.3 is 0 Å². The van der Waals surface area contributed by atoms with Crippen LogP contribution < -0.4 is 14.8 Å². The van der Waals surface area contributed by atoms with Gasteiger partial charge in [0, 0.05) is 24.5 Å². The van der Waals surface area contributed by atoms with E-state index in [1.54, 1.807) is 24.3 Å². The highest BCUT2D eigenvalue weighted by Gasteiger charge is 2.11. The van der Waals surface area contributed by atoms with E-state index in [-0.39, 0.29) is 12.5 Å². The molecule has 0 atom stereocenters. The molecular formula is C29H32ClN3O3. The second-order valence-electron chi connectivity index (χ2n) is 8.56. The Hall–Kier alpha value is -3.51. The van der Waals surface area contributed by atoms with Crippen LogP contribution in [0.25, 0.3) is 11.0 Å². The van der Waals surface area contributed by atoms with Crippen molar-refractivity contribution >= 4 is 28.5 Å². The van der Waals surface area contributed by atoms with Crippen molar-refractivity contribution < 1.29 is 14.3 Å².